The first-order chi connectivity index (χ1) is 11.2. The van der Waals surface area contributed by atoms with Gasteiger partial charge in [0.05, 0.1) is 5.69 Å². The summed E-state index contributed by atoms with van der Waals surface area (Å²) in [5.41, 5.74) is 2.38. The molecule has 0 heterocycles. The smallest absolute Gasteiger partial charge is 0.255 e. The lowest BCUT2D eigenvalue weighted by Gasteiger charge is -2.12. The minimum atomic E-state index is -0.158. The third kappa shape index (κ3) is 3.77. The third-order valence-electron chi connectivity index (χ3n) is 3.42. The van der Waals surface area contributed by atoms with Gasteiger partial charge in [0.2, 0.25) is 0 Å². The first-order valence-corrected chi connectivity index (χ1v) is 7.42. The van der Waals surface area contributed by atoms with Crippen LogP contribution in [0.5, 0.6) is 11.5 Å². The summed E-state index contributed by atoms with van der Waals surface area (Å²) in [6.07, 6.45) is 0. The van der Waals surface area contributed by atoms with Crippen molar-refractivity contribution in [3.05, 3.63) is 90.0 Å². The summed E-state index contributed by atoms with van der Waals surface area (Å²) in [7, 11) is 0. The van der Waals surface area contributed by atoms with Crippen molar-refractivity contribution < 1.29 is 9.53 Å². The molecule has 0 bridgehead atoms. The first kappa shape index (κ1) is 14.9. The van der Waals surface area contributed by atoms with E-state index in [1.165, 1.54) is 0 Å². The van der Waals surface area contributed by atoms with Crippen LogP contribution in [0.15, 0.2) is 78.9 Å². The van der Waals surface area contributed by atoms with Crippen molar-refractivity contribution in [1.29, 1.82) is 0 Å². The summed E-state index contributed by atoms with van der Waals surface area (Å²) >= 11 is 0. The largest absolute Gasteiger partial charge is 0.455 e. The maximum absolute atomic E-state index is 12.4. The molecule has 0 atom stereocenters. The van der Waals surface area contributed by atoms with Crippen LogP contribution in [0.2, 0.25) is 0 Å². The number of aryl methyl sites for hydroxylation is 1. The van der Waals surface area contributed by atoms with Crippen LogP contribution in [0, 0.1) is 6.92 Å². The van der Waals surface area contributed by atoms with Crippen molar-refractivity contribution in [3.8, 4) is 11.5 Å². The number of nitrogens with one attached hydrogen (secondary N) is 1. The van der Waals surface area contributed by atoms with Crippen LogP contribution in [0.25, 0.3) is 0 Å². The van der Waals surface area contributed by atoms with Gasteiger partial charge in [-0.3, -0.25) is 4.79 Å². The maximum atomic E-state index is 12.4. The summed E-state index contributed by atoms with van der Waals surface area (Å²) in [6.45, 7) is 1.99. The molecule has 3 aromatic carbocycles. The monoisotopic (exact) mass is 303 g/mol. The number of hydrogen-bond acceptors (Lipinski definition) is 2. The molecule has 0 aliphatic carbocycles. The number of carbonyl (C=O) groups is 1. The van der Waals surface area contributed by atoms with E-state index in [1.54, 1.807) is 0 Å². The van der Waals surface area contributed by atoms with Gasteiger partial charge < -0.3 is 10.1 Å². The Hall–Kier alpha value is -3.07. The fourth-order valence-corrected chi connectivity index (χ4v) is 2.17. The molecule has 1 N–H and O–H groups in total. The van der Waals surface area contributed by atoms with Crippen molar-refractivity contribution in [2.45, 2.75) is 6.92 Å². The summed E-state index contributed by atoms with van der Waals surface area (Å²) < 4.78 is 5.85. The Labute approximate surface area is 135 Å². The van der Waals surface area contributed by atoms with E-state index in [0.717, 1.165) is 11.3 Å². The second-order valence-corrected chi connectivity index (χ2v) is 5.23. The van der Waals surface area contributed by atoms with Gasteiger partial charge in [-0.05, 0) is 43.3 Å². The summed E-state index contributed by atoms with van der Waals surface area (Å²) in [4.78, 5) is 12.4. The lowest BCUT2D eigenvalue weighted by atomic mass is 10.1. The molecule has 0 saturated heterocycles. The van der Waals surface area contributed by atoms with E-state index in [-0.39, 0.29) is 5.91 Å². The van der Waals surface area contributed by atoms with Crippen LogP contribution in [-0.2, 0) is 0 Å². The molecule has 3 rings (SSSR count). The summed E-state index contributed by atoms with van der Waals surface area (Å²) in [5, 5.41) is 2.90. The molecule has 0 radical (unpaired) electrons. The van der Waals surface area contributed by atoms with Gasteiger partial charge in [0.15, 0.2) is 5.75 Å². The Bertz CT molecular complexity index is 795. The average molecular weight is 303 g/mol. The molecule has 114 valence electrons. The molecule has 0 spiro atoms. The van der Waals surface area contributed by atoms with Crippen molar-refractivity contribution in [2.75, 3.05) is 5.32 Å². The Balaban J connectivity index is 1.80. The van der Waals surface area contributed by atoms with Crippen molar-refractivity contribution >= 4 is 11.6 Å². The fraction of sp³-hybridized carbons (Fsp3) is 0.0500. The van der Waals surface area contributed by atoms with Crippen molar-refractivity contribution in [1.82, 2.24) is 0 Å². The molecule has 0 aliphatic rings. The van der Waals surface area contributed by atoms with Gasteiger partial charge in [-0.15, -0.1) is 0 Å². The second kappa shape index (κ2) is 6.79. The number of ether oxygens (including phenoxy) is 1. The third-order valence-corrected chi connectivity index (χ3v) is 3.42. The van der Waals surface area contributed by atoms with Gasteiger partial charge in [0, 0.05) is 5.56 Å². The average Bonchev–Trinajstić information content (AvgIpc) is 2.58. The van der Waals surface area contributed by atoms with Crippen LogP contribution in [0.1, 0.15) is 15.9 Å². The molecule has 1 amide bonds. The SMILES string of the molecule is Cc1ccc(C(=O)Nc2ccccc2Oc2ccccc2)cc1. The summed E-state index contributed by atoms with van der Waals surface area (Å²) in [5.74, 6) is 1.18. The molecule has 3 heteroatoms. The van der Waals surface area contributed by atoms with E-state index < -0.39 is 0 Å². The molecule has 0 aliphatic heterocycles. The highest BCUT2D eigenvalue weighted by Gasteiger charge is 2.10. The molecule has 0 unspecified atom stereocenters. The summed E-state index contributed by atoms with van der Waals surface area (Å²) in [6, 6.07) is 24.3. The molecule has 0 aromatic heterocycles. The zero-order valence-corrected chi connectivity index (χ0v) is 12.8. The van der Waals surface area contributed by atoms with Crippen molar-refractivity contribution in [3.63, 3.8) is 0 Å². The molecular formula is C20H17NO2. The molecular weight excluding hydrogens is 286 g/mol. The van der Waals surface area contributed by atoms with E-state index in [1.807, 2.05) is 85.8 Å². The number of hydrogen-bond donors (Lipinski definition) is 1. The van der Waals surface area contributed by atoms with Crippen LogP contribution in [0.3, 0.4) is 0 Å². The first-order valence-electron chi connectivity index (χ1n) is 7.42. The van der Waals surface area contributed by atoms with Gasteiger partial charge >= 0.3 is 0 Å². The number of amides is 1. The fourth-order valence-electron chi connectivity index (χ4n) is 2.17. The van der Waals surface area contributed by atoms with Crippen molar-refractivity contribution in [2.24, 2.45) is 0 Å². The van der Waals surface area contributed by atoms with E-state index in [9.17, 15) is 4.79 Å². The van der Waals surface area contributed by atoms with Crippen LogP contribution < -0.4 is 10.1 Å². The predicted octanol–water partition coefficient (Wildman–Crippen LogP) is 5.04. The zero-order chi connectivity index (χ0) is 16.1. The minimum absolute atomic E-state index is 0.158. The Morgan fingerprint density at radius 1 is 0.826 bits per heavy atom. The van der Waals surface area contributed by atoms with Crippen LogP contribution >= 0.6 is 0 Å². The highest BCUT2D eigenvalue weighted by Crippen LogP contribution is 2.29. The number of benzene rings is 3. The van der Waals surface area contributed by atoms with Crippen LogP contribution in [-0.4, -0.2) is 5.91 Å². The Kier molecular flexibility index (Phi) is 4.39. The zero-order valence-electron chi connectivity index (χ0n) is 12.8. The number of para-hydroxylation sites is 3. The maximum Gasteiger partial charge on any atom is 0.255 e. The van der Waals surface area contributed by atoms with Gasteiger partial charge in [-0.25, -0.2) is 0 Å². The molecule has 3 aromatic rings. The molecule has 0 fully saturated rings. The van der Waals surface area contributed by atoms with Gasteiger partial charge in [0.1, 0.15) is 5.75 Å². The minimum Gasteiger partial charge on any atom is -0.455 e. The van der Waals surface area contributed by atoms with Gasteiger partial charge in [0.25, 0.3) is 5.91 Å². The lowest BCUT2D eigenvalue weighted by molar-refractivity contribution is 0.102. The molecule has 0 saturated carbocycles. The highest BCUT2D eigenvalue weighted by atomic mass is 16.5. The van der Waals surface area contributed by atoms with Gasteiger partial charge in [-0.1, -0.05) is 48.0 Å². The quantitative estimate of drug-likeness (QED) is 0.733. The second-order valence-electron chi connectivity index (χ2n) is 5.23. The predicted molar refractivity (Wildman–Crippen MR) is 92.1 cm³/mol. The highest BCUT2D eigenvalue weighted by molar-refractivity contribution is 6.05. The van der Waals surface area contributed by atoms with Crippen LogP contribution in [0.4, 0.5) is 5.69 Å². The van der Waals surface area contributed by atoms with E-state index in [2.05, 4.69) is 5.32 Å². The Morgan fingerprint density at radius 3 is 2.22 bits per heavy atom. The molecule has 3 nitrogen and oxygen atoms in total. The normalized spacial score (nSPS) is 10.1. The number of anilines is 1. The van der Waals surface area contributed by atoms with E-state index in [0.29, 0.717) is 17.0 Å². The Morgan fingerprint density at radius 2 is 1.48 bits per heavy atom. The molecule has 23 heavy (non-hydrogen) atoms. The lowest BCUT2D eigenvalue weighted by Crippen LogP contribution is -2.12. The number of carbonyl (C=O) groups excluding carboxylic acids is 1. The topological polar surface area (TPSA) is 38.3 Å². The number of rotatable bonds is 4. The standard InChI is InChI=1S/C20H17NO2/c1-15-11-13-16(14-12-15)20(22)21-18-9-5-6-10-19(18)23-17-7-3-2-4-8-17/h2-14H,1H3,(H,21,22). The van der Waals surface area contributed by atoms with E-state index >= 15 is 0 Å². The van der Waals surface area contributed by atoms with E-state index in [4.69, 9.17) is 4.74 Å². The van der Waals surface area contributed by atoms with Gasteiger partial charge in [-0.2, -0.15) is 0 Å².